The number of hydrogen-bond acceptors (Lipinski definition) is 7. The second kappa shape index (κ2) is 11.0. The Labute approximate surface area is 183 Å². The van der Waals surface area contributed by atoms with Gasteiger partial charge in [0, 0.05) is 11.1 Å². The number of ether oxygens (including phenoxy) is 2. The Bertz CT molecular complexity index is 1020. The molecule has 164 valence electrons. The number of nitrogens with two attached hydrogens (primary N) is 1. The monoisotopic (exact) mass is 447 g/mol. The Morgan fingerprint density at radius 2 is 2.00 bits per heavy atom. The van der Waals surface area contributed by atoms with Crippen LogP contribution < -0.4 is 20.6 Å². The Hall–Kier alpha value is -3.56. The number of halogens is 1. The second-order valence-electron chi connectivity index (χ2n) is 6.29. The third-order valence-corrected chi connectivity index (χ3v) is 4.43. The molecule has 5 N–H and O–H groups in total. The third-order valence-electron chi connectivity index (χ3n) is 4.12. The van der Waals surface area contributed by atoms with Crippen LogP contribution in [0.4, 0.5) is 0 Å². The summed E-state index contributed by atoms with van der Waals surface area (Å²) in [6.07, 6.45) is 4.82. The molecule has 0 aliphatic carbocycles. The van der Waals surface area contributed by atoms with Crippen molar-refractivity contribution in [3.05, 3.63) is 58.1 Å². The van der Waals surface area contributed by atoms with Gasteiger partial charge in [0.25, 0.3) is 5.91 Å². The van der Waals surface area contributed by atoms with Gasteiger partial charge >= 0.3 is 5.97 Å². The quantitative estimate of drug-likeness (QED) is 0.341. The lowest BCUT2D eigenvalue weighted by molar-refractivity contribution is -0.138. The summed E-state index contributed by atoms with van der Waals surface area (Å²) in [5, 5.41) is 22.3. The van der Waals surface area contributed by atoms with Crippen LogP contribution in [0.2, 0.25) is 5.02 Å². The number of nitrogens with one attached hydrogen (secondary N) is 1. The van der Waals surface area contributed by atoms with Crippen LogP contribution in [0.3, 0.4) is 0 Å². The Morgan fingerprint density at radius 1 is 1.26 bits per heavy atom. The van der Waals surface area contributed by atoms with Crippen LogP contribution in [0, 0.1) is 0 Å². The van der Waals surface area contributed by atoms with E-state index >= 15 is 0 Å². The van der Waals surface area contributed by atoms with E-state index in [2.05, 4.69) is 10.5 Å². The van der Waals surface area contributed by atoms with E-state index in [1.807, 2.05) is 0 Å². The van der Waals surface area contributed by atoms with Gasteiger partial charge in [0.05, 0.1) is 25.5 Å². The van der Waals surface area contributed by atoms with Crippen molar-refractivity contribution in [2.45, 2.75) is 12.5 Å². The molecule has 0 saturated heterocycles. The van der Waals surface area contributed by atoms with Crippen LogP contribution >= 0.6 is 11.6 Å². The zero-order valence-electron chi connectivity index (χ0n) is 16.8. The Morgan fingerprint density at radius 3 is 2.61 bits per heavy atom. The average Bonchev–Trinajstić information content (AvgIpc) is 2.74. The standard InChI is InChI=1S/C21H22ClN3O6/c1-30-18-9-12(8-13(19(18)31-2)4-3-5-16(23)21(28)29)11-24-25-20(27)14-6-7-17(26)15(22)10-14/h3-4,6-11,16,26H,5,23H2,1-2H3,(H,25,27)(H,28,29)/b4-3+,24-11+. The summed E-state index contributed by atoms with van der Waals surface area (Å²) in [5.74, 6) is -0.869. The van der Waals surface area contributed by atoms with E-state index in [0.29, 0.717) is 22.6 Å². The minimum Gasteiger partial charge on any atom is -0.506 e. The van der Waals surface area contributed by atoms with Gasteiger partial charge < -0.3 is 25.4 Å². The van der Waals surface area contributed by atoms with Crippen LogP contribution in [0.1, 0.15) is 27.9 Å². The molecule has 2 aromatic rings. The fraction of sp³-hybridized carbons (Fsp3) is 0.190. The predicted octanol–water partition coefficient (Wildman–Crippen LogP) is 2.64. The first-order chi connectivity index (χ1) is 14.8. The molecule has 0 bridgehead atoms. The molecule has 0 saturated carbocycles. The molecular formula is C21H22ClN3O6. The first-order valence-corrected chi connectivity index (χ1v) is 9.37. The number of phenols is 1. The lowest BCUT2D eigenvalue weighted by Crippen LogP contribution is -2.29. The van der Waals surface area contributed by atoms with Gasteiger partial charge in [-0.3, -0.25) is 9.59 Å². The molecule has 0 fully saturated rings. The van der Waals surface area contributed by atoms with Gasteiger partial charge in [-0.15, -0.1) is 0 Å². The summed E-state index contributed by atoms with van der Waals surface area (Å²) in [6, 6.07) is 6.40. The van der Waals surface area contributed by atoms with E-state index in [9.17, 15) is 14.7 Å². The molecule has 2 aromatic carbocycles. The number of amides is 1. The Kier molecular flexibility index (Phi) is 8.42. The van der Waals surface area contributed by atoms with Gasteiger partial charge in [0.1, 0.15) is 11.8 Å². The van der Waals surface area contributed by atoms with E-state index < -0.39 is 17.9 Å². The minimum absolute atomic E-state index is 0.0514. The molecule has 0 heterocycles. The topological polar surface area (TPSA) is 143 Å². The van der Waals surface area contributed by atoms with Crippen molar-refractivity contribution < 1.29 is 29.3 Å². The number of carboxylic acid groups (broad SMARTS) is 1. The molecule has 0 spiro atoms. The van der Waals surface area contributed by atoms with E-state index in [-0.39, 0.29) is 22.8 Å². The molecule has 1 amide bonds. The van der Waals surface area contributed by atoms with Crippen LogP contribution in [-0.4, -0.2) is 48.6 Å². The highest BCUT2D eigenvalue weighted by Crippen LogP contribution is 2.33. The summed E-state index contributed by atoms with van der Waals surface area (Å²) in [4.78, 5) is 23.0. The molecule has 9 nitrogen and oxygen atoms in total. The first-order valence-electron chi connectivity index (χ1n) is 8.99. The first kappa shape index (κ1) is 23.7. The summed E-state index contributed by atoms with van der Waals surface area (Å²) in [5.41, 5.74) is 9.30. The average molecular weight is 448 g/mol. The molecule has 0 aliphatic rings. The van der Waals surface area contributed by atoms with Crippen LogP contribution in [0.5, 0.6) is 17.2 Å². The molecule has 2 rings (SSSR count). The molecule has 0 aromatic heterocycles. The van der Waals surface area contributed by atoms with E-state index in [1.165, 1.54) is 38.6 Å². The van der Waals surface area contributed by atoms with Gasteiger partial charge in [0.2, 0.25) is 0 Å². The van der Waals surface area contributed by atoms with Crippen molar-refractivity contribution >= 4 is 35.8 Å². The predicted molar refractivity (Wildman–Crippen MR) is 117 cm³/mol. The molecular weight excluding hydrogens is 426 g/mol. The summed E-state index contributed by atoms with van der Waals surface area (Å²) < 4.78 is 10.7. The molecule has 0 radical (unpaired) electrons. The zero-order valence-corrected chi connectivity index (χ0v) is 17.6. The van der Waals surface area contributed by atoms with E-state index in [0.717, 1.165) is 0 Å². The van der Waals surface area contributed by atoms with E-state index in [1.54, 1.807) is 24.3 Å². The number of nitrogens with zero attached hydrogens (tertiary/aromatic N) is 1. The van der Waals surface area contributed by atoms with Crippen LogP contribution in [0.15, 0.2) is 41.5 Å². The van der Waals surface area contributed by atoms with Crippen molar-refractivity contribution in [3.63, 3.8) is 0 Å². The van der Waals surface area contributed by atoms with Crippen molar-refractivity contribution in [2.24, 2.45) is 10.8 Å². The summed E-state index contributed by atoms with van der Waals surface area (Å²) >= 11 is 5.80. The molecule has 0 aliphatic heterocycles. The number of aromatic hydroxyl groups is 1. The van der Waals surface area contributed by atoms with Gasteiger partial charge in [-0.25, -0.2) is 5.43 Å². The highest BCUT2D eigenvalue weighted by atomic mass is 35.5. The fourth-order valence-corrected chi connectivity index (χ4v) is 2.72. The number of carboxylic acids is 1. The maximum Gasteiger partial charge on any atom is 0.320 e. The summed E-state index contributed by atoms with van der Waals surface area (Å²) in [6.45, 7) is 0. The van der Waals surface area contributed by atoms with Gasteiger partial charge in [-0.2, -0.15) is 5.10 Å². The summed E-state index contributed by atoms with van der Waals surface area (Å²) in [7, 11) is 2.96. The zero-order chi connectivity index (χ0) is 23.0. The van der Waals surface area contributed by atoms with Crippen molar-refractivity contribution in [1.29, 1.82) is 0 Å². The lowest BCUT2D eigenvalue weighted by Gasteiger charge is -2.12. The molecule has 1 atom stereocenters. The number of carbonyl (C=O) groups excluding carboxylic acids is 1. The molecule has 1 unspecified atom stereocenters. The van der Waals surface area contributed by atoms with Crippen molar-refractivity contribution in [3.8, 4) is 17.2 Å². The SMILES string of the molecule is COc1cc(/C=N/NC(=O)c2ccc(O)c(Cl)c2)cc(/C=C/CC(N)C(=O)O)c1OC. The minimum atomic E-state index is -1.10. The van der Waals surface area contributed by atoms with Crippen molar-refractivity contribution in [2.75, 3.05) is 14.2 Å². The van der Waals surface area contributed by atoms with Crippen molar-refractivity contribution in [1.82, 2.24) is 5.43 Å². The van der Waals surface area contributed by atoms with Crippen LogP contribution in [-0.2, 0) is 4.79 Å². The smallest absolute Gasteiger partial charge is 0.320 e. The number of hydrogen-bond donors (Lipinski definition) is 4. The lowest BCUT2D eigenvalue weighted by atomic mass is 10.1. The van der Waals surface area contributed by atoms with Crippen LogP contribution in [0.25, 0.3) is 6.08 Å². The Balaban J connectivity index is 2.21. The van der Waals surface area contributed by atoms with E-state index in [4.69, 9.17) is 31.9 Å². The second-order valence-corrected chi connectivity index (χ2v) is 6.70. The highest BCUT2D eigenvalue weighted by Gasteiger charge is 2.12. The fourth-order valence-electron chi connectivity index (χ4n) is 2.53. The highest BCUT2D eigenvalue weighted by molar-refractivity contribution is 6.32. The number of rotatable bonds is 9. The maximum absolute atomic E-state index is 12.2. The van der Waals surface area contributed by atoms with Gasteiger partial charge in [0.15, 0.2) is 11.5 Å². The number of benzene rings is 2. The number of phenolic OH excluding ortho intramolecular Hbond substituents is 1. The normalized spacial score (nSPS) is 12.1. The number of aliphatic carboxylic acids is 1. The van der Waals surface area contributed by atoms with Gasteiger partial charge in [-0.05, 0) is 42.3 Å². The number of carbonyl (C=O) groups is 2. The molecule has 31 heavy (non-hydrogen) atoms. The third kappa shape index (κ3) is 6.46. The van der Waals surface area contributed by atoms with Gasteiger partial charge in [-0.1, -0.05) is 23.8 Å². The molecule has 10 heteroatoms. The largest absolute Gasteiger partial charge is 0.506 e. The maximum atomic E-state index is 12.2. The number of hydrazone groups is 1. The number of methoxy groups -OCH3 is 2.